The van der Waals surface area contributed by atoms with Crippen molar-refractivity contribution >= 4 is 40.1 Å². The average molecular weight is 446 g/mol. The smallest absolute Gasteiger partial charge is 0.415 e. The Bertz CT molecular complexity index is 1130. The van der Waals surface area contributed by atoms with Crippen molar-refractivity contribution in [3.05, 3.63) is 47.5 Å². The summed E-state index contributed by atoms with van der Waals surface area (Å²) in [7, 11) is 1.48. The fourth-order valence-electron chi connectivity index (χ4n) is 3.40. The topological polar surface area (TPSA) is 88.6 Å². The van der Waals surface area contributed by atoms with Gasteiger partial charge in [0.15, 0.2) is 17.3 Å². The van der Waals surface area contributed by atoms with E-state index in [-0.39, 0.29) is 22.5 Å². The largest absolute Gasteiger partial charge is 0.493 e. The van der Waals surface area contributed by atoms with Gasteiger partial charge in [-0.1, -0.05) is 17.7 Å². The summed E-state index contributed by atoms with van der Waals surface area (Å²) in [5.74, 6) is 0.308. The van der Waals surface area contributed by atoms with Crippen molar-refractivity contribution in [3.63, 3.8) is 0 Å². The fourth-order valence-corrected chi connectivity index (χ4v) is 3.57. The second kappa shape index (κ2) is 8.91. The van der Waals surface area contributed by atoms with Crippen LogP contribution < -0.4 is 20.1 Å². The molecule has 2 heterocycles. The van der Waals surface area contributed by atoms with Gasteiger partial charge in [-0.05, 0) is 25.1 Å². The number of fused-ring (bicyclic) bond motifs is 1. The van der Waals surface area contributed by atoms with Crippen LogP contribution in [0.2, 0.25) is 5.02 Å². The number of hydrogen-bond acceptors (Lipinski definition) is 7. The summed E-state index contributed by atoms with van der Waals surface area (Å²) in [4.78, 5) is 22.9. The first-order valence-electron chi connectivity index (χ1n) is 9.71. The molecule has 1 unspecified atom stereocenters. The Labute approximate surface area is 183 Å². The Hall–Kier alpha value is -3.17. The van der Waals surface area contributed by atoms with E-state index in [2.05, 4.69) is 20.6 Å². The number of carbonyl (C=O) groups is 1. The number of methoxy groups -OCH3 is 1. The SMILES string of the molecule is COc1cc2ncnc(Nc3cccc(Cl)c3F)c2cc1OC(=O)N1CCNCC1C. The summed E-state index contributed by atoms with van der Waals surface area (Å²) in [6, 6.07) is 7.87. The van der Waals surface area contributed by atoms with Gasteiger partial charge in [0.2, 0.25) is 0 Å². The molecule has 2 N–H and O–H groups in total. The Morgan fingerprint density at radius 2 is 2.16 bits per heavy atom. The molecule has 10 heteroatoms. The molecule has 4 rings (SSSR count). The lowest BCUT2D eigenvalue weighted by molar-refractivity contribution is 0.123. The molecule has 31 heavy (non-hydrogen) atoms. The van der Waals surface area contributed by atoms with Gasteiger partial charge in [-0.25, -0.2) is 19.2 Å². The van der Waals surface area contributed by atoms with Gasteiger partial charge in [0.25, 0.3) is 0 Å². The molecule has 0 aliphatic carbocycles. The molecule has 8 nitrogen and oxygen atoms in total. The van der Waals surface area contributed by atoms with Crippen molar-refractivity contribution in [2.45, 2.75) is 13.0 Å². The minimum atomic E-state index is -0.594. The number of benzene rings is 2. The van der Waals surface area contributed by atoms with Crippen LogP contribution in [0.3, 0.4) is 0 Å². The lowest BCUT2D eigenvalue weighted by Crippen LogP contribution is -2.53. The summed E-state index contributed by atoms with van der Waals surface area (Å²) in [6.07, 6.45) is 0.875. The highest BCUT2D eigenvalue weighted by Gasteiger charge is 2.26. The molecule has 1 amide bonds. The molecule has 0 spiro atoms. The van der Waals surface area contributed by atoms with Gasteiger partial charge in [-0.15, -0.1) is 0 Å². The van der Waals surface area contributed by atoms with Crippen LogP contribution in [0.25, 0.3) is 10.9 Å². The van der Waals surface area contributed by atoms with E-state index >= 15 is 0 Å². The lowest BCUT2D eigenvalue weighted by Gasteiger charge is -2.33. The maximum atomic E-state index is 14.4. The Kier molecular flexibility index (Phi) is 6.06. The van der Waals surface area contributed by atoms with Crippen molar-refractivity contribution in [2.24, 2.45) is 0 Å². The maximum absolute atomic E-state index is 14.4. The minimum Gasteiger partial charge on any atom is -0.493 e. The molecule has 0 radical (unpaired) electrons. The van der Waals surface area contributed by atoms with Crippen LogP contribution in [0.4, 0.5) is 20.7 Å². The van der Waals surface area contributed by atoms with Crippen molar-refractivity contribution in [1.82, 2.24) is 20.2 Å². The van der Waals surface area contributed by atoms with Crippen LogP contribution in [0.5, 0.6) is 11.5 Å². The highest BCUT2D eigenvalue weighted by molar-refractivity contribution is 6.31. The predicted molar refractivity (Wildman–Crippen MR) is 116 cm³/mol. The van der Waals surface area contributed by atoms with E-state index in [1.54, 1.807) is 29.2 Å². The second-order valence-corrected chi connectivity index (χ2v) is 7.49. The number of nitrogens with one attached hydrogen (secondary N) is 2. The number of anilines is 2. The van der Waals surface area contributed by atoms with Gasteiger partial charge >= 0.3 is 6.09 Å². The van der Waals surface area contributed by atoms with Crippen LogP contribution in [0, 0.1) is 5.82 Å². The third-order valence-corrected chi connectivity index (χ3v) is 5.35. The van der Waals surface area contributed by atoms with Gasteiger partial charge in [0, 0.05) is 37.1 Å². The first-order valence-corrected chi connectivity index (χ1v) is 10.1. The van der Waals surface area contributed by atoms with E-state index in [1.165, 1.54) is 19.5 Å². The number of ether oxygens (including phenoxy) is 2. The molecule has 2 aromatic carbocycles. The maximum Gasteiger partial charge on any atom is 0.415 e. The zero-order chi connectivity index (χ0) is 22.0. The van der Waals surface area contributed by atoms with Gasteiger partial charge < -0.3 is 25.0 Å². The number of rotatable bonds is 4. The number of nitrogens with zero attached hydrogens (tertiary/aromatic N) is 3. The normalized spacial score (nSPS) is 16.3. The van der Waals surface area contributed by atoms with E-state index in [4.69, 9.17) is 21.1 Å². The van der Waals surface area contributed by atoms with Gasteiger partial charge in [-0.2, -0.15) is 0 Å². The quantitative estimate of drug-likeness (QED) is 0.628. The number of carbonyl (C=O) groups excluding carboxylic acids is 1. The van der Waals surface area contributed by atoms with Crippen LogP contribution in [0.15, 0.2) is 36.7 Å². The van der Waals surface area contributed by atoms with E-state index in [0.717, 1.165) is 0 Å². The lowest BCUT2D eigenvalue weighted by atomic mass is 10.2. The molecule has 1 saturated heterocycles. The summed E-state index contributed by atoms with van der Waals surface area (Å²) >= 11 is 5.88. The number of piperazine rings is 1. The number of amides is 1. The zero-order valence-corrected chi connectivity index (χ0v) is 17.7. The van der Waals surface area contributed by atoms with E-state index < -0.39 is 11.9 Å². The molecule has 3 aromatic rings. The van der Waals surface area contributed by atoms with Crippen LogP contribution in [0.1, 0.15) is 6.92 Å². The van der Waals surface area contributed by atoms with Gasteiger partial charge in [-0.3, -0.25) is 0 Å². The monoisotopic (exact) mass is 445 g/mol. The molecule has 1 aliphatic heterocycles. The van der Waals surface area contributed by atoms with Crippen LogP contribution >= 0.6 is 11.6 Å². The molecular formula is C21H21ClFN5O3. The Balaban J connectivity index is 1.70. The first kappa shape index (κ1) is 21.1. The van der Waals surface area contributed by atoms with Crippen LogP contribution in [-0.4, -0.2) is 53.7 Å². The molecule has 162 valence electrons. The zero-order valence-electron chi connectivity index (χ0n) is 17.0. The van der Waals surface area contributed by atoms with Crippen molar-refractivity contribution in [3.8, 4) is 11.5 Å². The Morgan fingerprint density at radius 3 is 2.94 bits per heavy atom. The predicted octanol–water partition coefficient (Wildman–Crippen LogP) is 3.97. The highest BCUT2D eigenvalue weighted by atomic mass is 35.5. The Morgan fingerprint density at radius 1 is 1.32 bits per heavy atom. The average Bonchev–Trinajstić information content (AvgIpc) is 2.77. The van der Waals surface area contributed by atoms with E-state index in [9.17, 15) is 9.18 Å². The molecule has 1 fully saturated rings. The van der Waals surface area contributed by atoms with Crippen LogP contribution in [-0.2, 0) is 0 Å². The molecule has 0 bridgehead atoms. The third kappa shape index (κ3) is 4.33. The molecule has 1 aliphatic rings. The highest BCUT2D eigenvalue weighted by Crippen LogP contribution is 2.36. The number of hydrogen-bond donors (Lipinski definition) is 2. The number of aromatic nitrogens is 2. The van der Waals surface area contributed by atoms with Crippen molar-refractivity contribution in [1.29, 1.82) is 0 Å². The summed E-state index contributed by atoms with van der Waals surface area (Å²) in [6.45, 7) is 3.87. The summed E-state index contributed by atoms with van der Waals surface area (Å²) in [5, 5.41) is 6.68. The molecule has 1 aromatic heterocycles. The van der Waals surface area contributed by atoms with Crippen molar-refractivity contribution in [2.75, 3.05) is 32.1 Å². The third-order valence-electron chi connectivity index (χ3n) is 5.06. The summed E-state index contributed by atoms with van der Waals surface area (Å²) < 4.78 is 25.4. The fraction of sp³-hybridized carbons (Fsp3) is 0.286. The molecular weight excluding hydrogens is 425 g/mol. The van der Waals surface area contributed by atoms with Gasteiger partial charge in [0.05, 0.1) is 23.3 Å². The van der Waals surface area contributed by atoms with Crippen molar-refractivity contribution < 1.29 is 18.7 Å². The minimum absolute atomic E-state index is 0.000864. The standard InChI is InChI=1S/C21H21ClFN5O3/c1-12-10-24-6-7-28(12)21(29)31-18-8-13-16(9-17(18)30-2)25-11-26-20(13)27-15-5-3-4-14(22)19(15)23/h3-5,8-9,11-12,24H,6-7,10H2,1-2H3,(H,25,26,27). The summed E-state index contributed by atoms with van der Waals surface area (Å²) in [5.41, 5.74) is 0.698. The van der Waals surface area contributed by atoms with E-state index in [0.29, 0.717) is 42.1 Å². The van der Waals surface area contributed by atoms with E-state index in [1.807, 2.05) is 6.92 Å². The second-order valence-electron chi connectivity index (χ2n) is 7.08. The molecule has 0 saturated carbocycles. The van der Waals surface area contributed by atoms with Gasteiger partial charge in [0.1, 0.15) is 12.1 Å². The molecule has 1 atom stereocenters. The first-order chi connectivity index (χ1) is 15.0. The number of halogens is 2.